The topological polar surface area (TPSA) is 58.9 Å². The summed E-state index contributed by atoms with van der Waals surface area (Å²) < 4.78 is 1.93. The molecule has 23 heavy (non-hydrogen) atoms. The van der Waals surface area contributed by atoms with Crippen LogP contribution in [0.2, 0.25) is 0 Å². The Balaban J connectivity index is 1.53. The largest absolute Gasteiger partial charge is 0.341 e. The molecule has 0 saturated carbocycles. The average molecular weight is 323 g/mol. The number of thiophene rings is 1. The molecule has 0 aliphatic carbocycles. The molecule has 0 spiro atoms. The van der Waals surface area contributed by atoms with E-state index in [0.29, 0.717) is 0 Å². The van der Waals surface area contributed by atoms with Crippen molar-refractivity contribution in [3.63, 3.8) is 0 Å². The number of aromatic nitrogens is 5. The van der Waals surface area contributed by atoms with Gasteiger partial charge in [0.2, 0.25) is 0 Å². The van der Waals surface area contributed by atoms with E-state index in [1.165, 1.54) is 0 Å². The van der Waals surface area contributed by atoms with Crippen molar-refractivity contribution >= 4 is 17.0 Å². The van der Waals surface area contributed by atoms with Crippen molar-refractivity contribution in [2.24, 2.45) is 0 Å². The Hall–Kier alpha value is -2.47. The number of aryl methyl sites for hydroxylation is 4. The molecule has 0 aromatic carbocycles. The normalized spacial score (nSPS) is 11.4. The first kappa shape index (κ1) is 14.1. The molecule has 0 bridgehead atoms. The first-order valence-corrected chi connectivity index (χ1v) is 8.48. The van der Waals surface area contributed by atoms with Crippen LogP contribution < -0.4 is 0 Å². The molecule has 0 amide bonds. The maximum atomic E-state index is 4.66. The number of hydrogen-bond acceptors (Lipinski definition) is 4. The summed E-state index contributed by atoms with van der Waals surface area (Å²) in [6.07, 6.45) is 3.56. The molecule has 4 aromatic heterocycles. The average Bonchev–Trinajstić information content (AvgIpc) is 3.28. The minimum Gasteiger partial charge on any atom is -0.341 e. The van der Waals surface area contributed by atoms with Crippen molar-refractivity contribution in [3.05, 3.63) is 58.6 Å². The highest BCUT2D eigenvalue weighted by Gasteiger charge is 2.09. The second-order valence-corrected chi connectivity index (χ2v) is 6.60. The van der Waals surface area contributed by atoms with Crippen molar-refractivity contribution in [2.45, 2.75) is 26.7 Å². The lowest BCUT2D eigenvalue weighted by Gasteiger charge is -1.98. The molecule has 6 heteroatoms. The van der Waals surface area contributed by atoms with E-state index in [2.05, 4.69) is 50.6 Å². The molecule has 0 fully saturated rings. The summed E-state index contributed by atoms with van der Waals surface area (Å²) in [5, 5.41) is 6.68. The second-order valence-electron chi connectivity index (χ2n) is 5.66. The van der Waals surface area contributed by atoms with E-state index in [1.54, 1.807) is 11.3 Å². The molecule has 5 nitrogen and oxygen atoms in total. The molecule has 4 aromatic rings. The molecule has 4 rings (SSSR count). The zero-order chi connectivity index (χ0) is 15.8. The zero-order valence-corrected chi connectivity index (χ0v) is 13.9. The quantitative estimate of drug-likeness (QED) is 0.624. The van der Waals surface area contributed by atoms with Crippen LogP contribution in [-0.4, -0.2) is 24.6 Å². The molecule has 0 unspecified atom stereocenters. The maximum absolute atomic E-state index is 4.66. The first-order valence-electron chi connectivity index (χ1n) is 7.60. The second kappa shape index (κ2) is 5.62. The van der Waals surface area contributed by atoms with Gasteiger partial charge >= 0.3 is 0 Å². The van der Waals surface area contributed by atoms with Gasteiger partial charge in [-0.3, -0.25) is 0 Å². The Morgan fingerprint density at radius 1 is 1.17 bits per heavy atom. The number of fused-ring (bicyclic) bond motifs is 1. The van der Waals surface area contributed by atoms with E-state index in [9.17, 15) is 0 Å². The fourth-order valence-electron chi connectivity index (χ4n) is 2.62. The lowest BCUT2D eigenvalue weighted by atomic mass is 10.2. The summed E-state index contributed by atoms with van der Waals surface area (Å²) >= 11 is 1.69. The third-order valence-corrected chi connectivity index (χ3v) is 4.79. The van der Waals surface area contributed by atoms with Gasteiger partial charge in [0.05, 0.1) is 4.88 Å². The van der Waals surface area contributed by atoms with E-state index in [4.69, 9.17) is 0 Å². The summed E-state index contributed by atoms with van der Waals surface area (Å²) in [7, 11) is 0. The third-order valence-electron chi connectivity index (χ3n) is 3.91. The first-order chi connectivity index (χ1) is 11.2. The van der Waals surface area contributed by atoms with Gasteiger partial charge in [0.25, 0.3) is 0 Å². The van der Waals surface area contributed by atoms with Gasteiger partial charge in [-0.25, -0.2) is 14.5 Å². The highest BCUT2D eigenvalue weighted by atomic mass is 32.1. The molecule has 0 saturated heterocycles. The molecule has 4 heterocycles. The monoisotopic (exact) mass is 323 g/mol. The molecule has 0 atom stereocenters. The molecular weight excluding hydrogens is 306 g/mol. The summed E-state index contributed by atoms with van der Waals surface area (Å²) in [6.45, 7) is 4.11. The van der Waals surface area contributed by atoms with Gasteiger partial charge in [0.15, 0.2) is 11.5 Å². The van der Waals surface area contributed by atoms with Gasteiger partial charge in [0, 0.05) is 24.0 Å². The lowest BCUT2D eigenvalue weighted by Crippen LogP contribution is -1.96. The van der Waals surface area contributed by atoms with Crippen LogP contribution in [-0.2, 0) is 12.8 Å². The van der Waals surface area contributed by atoms with Crippen LogP contribution in [0, 0.1) is 13.8 Å². The fraction of sp³-hybridized carbons (Fsp3) is 0.235. The molecule has 0 radical (unpaired) electrons. The predicted molar refractivity (Wildman–Crippen MR) is 91.8 cm³/mol. The minimum atomic E-state index is 0.798. The number of nitrogens with one attached hydrogen (secondary N) is 1. The number of rotatable bonds is 4. The van der Waals surface area contributed by atoms with Crippen molar-refractivity contribution in [3.8, 4) is 10.7 Å². The highest BCUT2D eigenvalue weighted by molar-refractivity contribution is 7.13. The van der Waals surface area contributed by atoms with Crippen LogP contribution in [0.15, 0.2) is 35.8 Å². The van der Waals surface area contributed by atoms with Crippen molar-refractivity contribution in [1.82, 2.24) is 24.6 Å². The van der Waals surface area contributed by atoms with Crippen LogP contribution in [0.4, 0.5) is 0 Å². The van der Waals surface area contributed by atoms with Gasteiger partial charge in [0.1, 0.15) is 5.82 Å². The number of nitrogens with zero attached hydrogens (tertiary/aromatic N) is 4. The van der Waals surface area contributed by atoms with E-state index in [0.717, 1.165) is 52.0 Å². The predicted octanol–water partition coefficient (Wildman–Crippen LogP) is 3.58. The van der Waals surface area contributed by atoms with Crippen LogP contribution >= 0.6 is 11.3 Å². The van der Waals surface area contributed by atoms with Crippen LogP contribution in [0.5, 0.6) is 0 Å². The Bertz CT molecular complexity index is 910. The third kappa shape index (κ3) is 2.66. The van der Waals surface area contributed by atoms with Gasteiger partial charge in [-0.15, -0.1) is 11.3 Å². The number of pyridine rings is 1. The Morgan fingerprint density at radius 3 is 2.87 bits per heavy atom. The van der Waals surface area contributed by atoms with E-state index >= 15 is 0 Å². The van der Waals surface area contributed by atoms with Crippen LogP contribution in [0.25, 0.3) is 16.3 Å². The summed E-state index contributed by atoms with van der Waals surface area (Å²) in [5.74, 6) is 1.80. The SMILES string of the molecule is Cc1ccc(C)n2nc(CCc3cnc(-c4cccs4)[nH]3)nc12. The van der Waals surface area contributed by atoms with Gasteiger partial charge in [-0.05, 0) is 43.3 Å². The van der Waals surface area contributed by atoms with E-state index < -0.39 is 0 Å². The Kier molecular flexibility index (Phi) is 3.46. The summed E-state index contributed by atoms with van der Waals surface area (Å²) in [4.78, 5) is 13.7. The van der Waals surface area contributed by atoms with Crippen LogP contribution in [0.3, 0.4) is 0 Å². The molecule has 1 N–H and O–H groups in total. The number of hydrogen-bond donors (Lipinski definition) is 1. The molecule has 0 aliphatic rings. The molecule has 0 aliphatic heterocycles. The Morgan fingerprint density at radius 2 is 2.09 bits per heavy atom. The van der Waals surface area contributed by atoms with Crippen molar-refractivity contribution < 1.29 is 0 Å². The smallest absolute Gasteiger partial charge is 0.158 e. The molecule has 116 valence electrons. The standard InChI is InChI=1S/C17H17N5S/c1-11-5-6-12(2)22-17(11)20-15(21-22)8-7-13-10-18-16(19-13)14-4-3-9-23-14/h3-6,9-10H,7-8H2,1-2H3,(H,18,19). The fourth-order valence-corrected chi connectivity index (χ4v) is 3.30. The maximum Gasteiger partial charge on any atom is 0.158 e. The summed E-state index contributed by atoms with van der Waals surface area (Å²) in [6, 6.07) is 8.27. The number of aromatic amines is 1. The minimum absolute atomic E-state index is 0.798. The number of H-pyrrole nitrogens is 1. The van der Waals surface area contributed by atoms with E-state index in [-0.39, 0.29) is 0 Å². The van der Waals surface area contributed by atoms with Crippen molar-refractivity contribution in [2.75, 3.05) is 0 Å². The van der Waals surface area contributed by atoms with Gasteiger partial charge in [-0.2, -0.15) is 5.10 Å². The lowest BCUT2D eigenvalue weighted by molar-refractivity contribution is 0.813. The van der Waals surface area contributed by atoms with Crippen LogP contribution in [0.1, 0.15) is 22.8 Å². The zero-order valence-electron chi connectivity index (χ0n) is 13.1. The Labute approximate surface area is 138 Å². The van der Waals surface area contributed by atoms with Gasteiger partial charge in [-0.1, -0.05) is 12.1 Å². The van der Waals surface area contributed by atoms with Gasteiger partial charge < -0.3 is 4.98 Å². The van der Waals surface area contributed by atoms with E-state index in [1.807, 2.05) is 23.7 Å². The highest BCUT2D eigenvalue weighted by Crippen LogP contribution is 2.21. The summed E-state index contributed by atoms with van der Waals surface area (Å²) in [5.41, 5.74) is 4.31. The van der Waals surface area contributed by atoms with Crippen molar-refractivity contribution in [1.29, 1.82) is 0 Å². The number of imidazole rings is 1. The molecular formula is C17H17N5S.